The van der Waals surface area contributed by atoms with E-state index in [1.54, 1.807) is 0 Å². The molecule has 0 unspecified atom stereocenters. The molecule has 1 radical (unpaired) electrons. The van der Waals surface area contributed by atoms with Gasteiger partial charge in [-0.3, -0.25) is 0 Å². The maximum absolute atomic E-state index is 3.87. The SMILES string of the molecule is C=[Si]c1cc(C)cc(C)c1. The van der Waals surface area contributed by atoms with E-state index < -0.39 is 0 Å². The number of benzene rings is 1. The summed E-state index contributed by atoms with van der Waals surface area (Å²) in [6, 6.07) is 6.57. The van der Waals surface area contributed by atoms with Crippen molar-refractivity contribution in [2.45, 2.75) is 13.8 Å². The number of hydrogen-bond donors (Lipinski definition) is 0. The van der Waals surface area contributed by atoms with E-state index in [0.29, 0.717) is 9.13 Å². The highest BCUT2D eigenvalue weighted by molar-refractivity contribution is 6.56. The summed E-state index contributed by atoms with van der Waals surface area (Å²) in [6.45, 7) is 4.24. The van der Waals surface area contributed by atoms with Crippen LogP contribution >= 0.6 is 0 Å². The Balaban J connectivity index is 3.18. The van der Waals surface area contributed by atoms with Crippen molar-refractivity contribution >= 4 is 20.5 Å². The van der Waals surface area contributed by atoms with E-state index in [1.807, 2.05) is 0 Å². The molecule has 0 spiro atoms. The highest BCUT2D eigenvalue weighted by atomic mass is 28.2. The molecule has 0 aliphatic carbocycles. The van der Waals surface area contributed by atoms with Crippen LogP contribution < -0.4 is 5.19 Å². The van der Waals surface area contributed by atoms with Gasteiger partial charge in [0.15, 0.2) is 0 Å². The highest BCUT2D eigenvalue weighted by Gasteiger charge is 1.89. The Morgan fingerprint density at radius 2 is 1.60 bits per heavy atom. The highest BCUT2D eigenvalue weighted by Crippen LogP contribution is 1.98. The number of hydrogen-bond acceptors (Lipinski definition) is 0. The zero-order chi connectivity index (χ0) is 7.56. The van der Waals surface area contributed by atoms with Crippen LogP contribution in [0, 0.1) is 13.8 Å². The van der Waals surface area contributed by atoms with Crippen LogP contribution in [0.15, 0.2) is 18.2 Å². The van der Waals surface area contributed by atoms with Crippen molar-refractivity contribution in [1.82, 2.24) is 0 Å². The Labute approximate surface area is 64.3 Å². The molecule has 51 valence electrons. The molecule has 0 saturated carbocycles. The van der Waals surface area contributed by atoms with Crippen molar-refractivity contribution < 1.29 is 0 Å². The fraction of sp³-hybridized carbons (Fsp3) is 0.222. The van der Waals surface area contributed by atoms with Crippen molar-refractivity contribution in [2.75, 3.05) is 0 Å². The average molecular weight is 147 g/mol. The Morgan fingerprint density at radius 1 is 1.10 bits per heavy atom. The van der Waals surface area contributed by atoms with Crippen molar-refractivity contribution in [1.29, 1.82) is 0 Å². The third kappa shape index (κ3) is 1.64. The lowest BCUT2D eigenvalue weighted by molar-refractivity contribution is 1.40. The molecule has 0 aliphatic heterocycles. The summed E-state index contributed by atoms with van der Waals surface area (Å²) in [5.74, 6) is 0. The van der Waals surface area contributed by atoms with Crippen molar-refractivity contribution in [3.63, 3.8) is 0 Å². The van der Waals surface area contributed by atoms with Crippen LogP contribution in [-0.2, 0) is 0 Å². The van der Waals surface area contributed by atoms with Crippen LogP contribution in [0.3, 0.4) is 0 Å². The zero-order valence-electron chi connectivity index (χ0n) is 6.44. The van der Waals surface area contributed by atoms with Gasteiger partial charge in [-0.05, 0) is 19.0 Å². The largest absolute Gasteiger partial charge is 0.113 e. The molecule has 0 saturated heterocycles. The van der Waals surface area contributed by atoms with E-state index >= 15 is 0 Å². The third-order valence-corrected chi connectivity index (χ3v) is 2.12. The first-order chi connectivity index (χ1) is 4.72. The quantitative estimate of drug-likeness (QED) is 0.521. The summed E-state index contributed by atoms with van der Waals surface area (Å²) in [4.78, 5) is 0. The van der Waals surface area contributed by atoms with E-state index in [9.17, 15) is 0 Å². The zero-order valence-corrected chi connectivity index (χ0v) is 7.44. The number of aryl methyl sites for hydroxylation is 2. The van der Waals surface area contributed by atoms with E-state index in [1.165, 1.54) is 16.3 Å². The minimum atomic E-state index is 0.673. The maximum atomic E-state index is 3.87. The second kappa shape index (κ2) is 2.93. The molecular formula is C9H11Si. The summed E-state index contributed by atoms with van der Waals surface area (Å²) in [7, 11) is 0.673. The second-order valence-electron chi connectivity index (χ2n) is 2.55. The monoisotopic (exact) mass is 147 g/mol. The van der Waals surface area contributed by atoms with Crippen molar-refractivity contribution in [3.8, 4) is 0 Å². The van der Waals surface area contributed by atoms with Gasteiger partial charge < -0.3 is 0 Å². The standard InChI is InChI=1S/C9H11Si/c1-7-4-8(2)6-9(5-7)10-3/h4-6H,3H2,1-2H3. The molecule has 10 heavy (non-hydrogen) atoms. The Kier molecular flexibility index (Phi) is 2.17. The van der Waals surface area contributed by atoms with Gasteiger partial charge in [0, 0.05) is 0 Å². The molecule has 0 atom stereocenters. The first-order valence-corrected chi connectivity index (χ1v) is 4.54. The van der Waals surface area contributed by atoms with Crippen molar-refractivity contribution in [3.05, 3.63) is 29.3 Å². The van der Waals surface area contributed by atoms with Gasteiger partial charge in [-0.2, -0.15) is 0 Å². The molecule has 1 aromatic carbocycles. The lowest BCUT2D eigenvalue weighted by Crippen LogP contribution is -2.07. The lowest BCUT2D eigenvalue weighted by Gasteiger charge is -1.97. The molecule has 0 heterocycles. The predicted molar refractivity (Wildman–Crippen MR) is 48.4 cm³/mol. The number of rotatable bonds is 1. The molecule has 0 aliphatic rings. The molecule has 1 aromatic rings. The Bertz CT molecular complexity index is 231. The van der Waals surface area contributed by atoms with Gasteiger partial charge in [0.25, 0.3) is 0 Å². The van der Waals surface area contributed by atoms with Crippen LogP contribution in [0.4, 0.5) is 0 Å². The predicted octanol–water partition coefficient (Wildman–Crippen LogP) is 1.06. The molecule has 1 heteroatoms. The molecular weight excluding hydrogens is 136 g/mol. The normalized spacial score (nSPS) is 9.40. The fourth-order valence-corrected chi connectivity index (χ4v) is 1.74. The van der Waals surface area contributed by atoms with Gasteiger partial charge in [-0.25, -0.2) is 0 Å². The molecule has 0 N–H and O–H groups in total. The van der Waals surface area contributed by atoms with Gasteiger partial charge in [0.05, 0.1) is 9.13 Å². The third-order valence-electron chi connectivity index (χ3n) is 1.43. The van der Waals surface area contributed by atoms with E-state index in [-0.39, 0.29) is 0 Å². The van der Waals surface area contributed by atoms with Crippen molar-refractivity contribution in [2.24, 2.45) is 0 Å². The van der Waals surface area contributed by atoms with Crippen LogP contribution in [0.2, 0.25) is 0 Å². The summed E-state index contributed by atoms with van der Waals surface area (Å²) in [5.41, 5.74) is 2.68. The van der Waals surface area contributed by atoms with Gasteiger partial charge in [0.2, 0.25) is 0 Å². The van der Waals surface area contributed by atoms with Gasteiger partial charge >= 0.3 is 0 Å². The maximum Gasteiger partial charge on any atom is 0.0518 e. The Morgan fingerprint density at radius 3 is 2.00 bits per heavy atom. The Hall–Kier alpha value is -0.693. The molecule has 0 fully saturated rings. The minimum Gasteiger partial charge on any atom is -0.113 e. The topological polar surface area (TPSA) is 0 Å². The van der Waals surface area contributed by atoms with Gasteiger partial charge in [0.1, 0.15) is 0 Å². The first kappa shape index (κ1) is 7.41. The lowest BCUT2D eigenvalue weighted by atomic mass is 10.2. The van der Waals surface area contributed by atoms with E-state index in [2.05, 4.69) is 38.2 Å². The van der Waals surface area contributed by atoms with Crippen LogP contribution in [0.1, 0.15) is 11.1 Å². The van der Waals surface area contributed by atoms with Gasteiger partial charge in [-0.1, -0.05) is 29.3 Å². The molecule has 0 aromatic heterocycles. The van der Waals surface area contributed by atoms with Crippen LogP contribution in [-0.4, -0.2) is 15.3 Å². The average Bonchev–Trinajstić information content (AvgIpc) is 1.85. The molecule has 1 rings (SSSR count). The van der Waals surface area contributed by atoms with Gasteiger partial charge in [-0.15, -0.1) is 6.17 Å². The summed E-state index contributed by atoms with van der Waals surface area (Å²) >= 11 is 0. The molecule has 0 bridgehead atoms. The molecule has 0 amide bonds. The summed E-state index contributed by atoms with van der Waals surface area (Å²) < 4.78 is 0. The first-order valence-electron chi connectivity index (χ1n) is 3.34. The van der Waals surface area contributed by atoms with Crippen LogP contribution in [0.5, 0.6) is 0 Å². The fourth-order valence-electron chi connectivity index (χ4n) is 1.08. The second-order valence-corrected chi connectivity index (χ2v) is 3.48. The summed E-state index contributed by atoms with van der Waals surface area (Å²) in [6.07, 6.45) is 3.87. The van der Waals surface area contributed by atoms with E-state index in [0.717, 1.165) is 0 Å². The minimum absolute atomic E-state index is 0.673. The van der Waals surface area contributed by atoms with E-state index in [4.69, 9.17) is 0 Å². The van der Waals surface area contributed by atoms with Crippen LogP contribution in [0.25, 0.3) is 0 Å². The molecule has 0 nitrogen and oxygen atoms in total. The summed E-state index contributed by atoms with van der Waals surface area (Å²) in [5, 5.41) is 1.36. The smallest absolute Gasteiger partial charge is 0.0518 e.